The predicted molar refractivity (Wildman–Crippen MR) is 62.4 cm³/mol. The molecule has 1 aromatic heterocycles. The monoisotopic (exact) mass is 329 g/mol. The van der Waals surface area contributed by atoms with E-state index in [0.29, 0.717) is 4.68 Å². The number of nitrogens with zero attached hydrogens (tertiary/aromatic N) is 2. The number of alkyl halides is 3. The average molecular weight is 330 g/mol. The van der Waals surface area contributed by atoms with Crippen LogP contribution in [0.15, 0.2) is 15.5 Å². The van der Waals surface area contributed by atoms with Crippen LogP contribution >= 0.6 is 15.9 Å². The van der Waals surface area contributed by atoms with Gasteiger partial charge in [-0.05, 0) is 22.9 Å². The molecule has 0 amide bonds. The van der Waals surface area contributed by atoms with Crippen molar-refractivity contribution in [2.24, 2.45) is 0 Å². The molecule has 1 rings (SSSR count). The summed E-state index contributed by atoms with van der Waals surface area (Å²) >= 11 is 2.90. The van der Waals surface area contributed by atoms with Crippen LogP contribution in [-0.4, -0.2) is 33.7 Å². The van der Waals surface area contributed by atoms with Gasteiger partial charge in [-0.15, -0.1) is 0 Å². The minimum Gasteiger partial charge on any atom is -0.392 e. The Bertz CT molecular complexity index is 473. The summed E-state index contributed by atoms with van der Waals surface area (Å²) < 4.78 is 36.7. The molecule has 102 valence electrons. The molecular formula is C9H11BrF3N3O2. The van der Waals surface area contributed by atoms with Crippen molar-refractivity contribution in [3.63, 3.8) is 0 Å². The fraction of sp³-hybridized carbons (Fsp3) is 0.556. The fourth-order valence-electron chi connectivity index (χ4n) is 1.13. The van der Waals surface area contributed by atoms with E-state index in [1.807, 2.05) is 0 Å². The quantitative estimate of drug-likeness (QED) is 0.875. The van der Waals surface area contributed by atoms with E-state index in [1.165, 1.54) is 6.92 Å². The lowest BCUT2D eigenvalue weighted by Crippen LogP contribution is -2.31. The minimum absolute atomic E-state index is 0.0533. The van der Waals surface area contributed by atoms with E-state index in [9.17, 15) is 18.0 Å². The van der Waals surface area contributed by atoms with E-state index < -0.39 is 24.4 Å². The summed E-state index contributed by atoms with van der Waals surface area (Å²) in [5.41, 5.74) is -0.651. The molecule has 1 atom stereocenters. The third-order valence-corrected chi connectivity index (χ3v) is 2.67. The van der Waals surface area contributed by atoms with E-state index in [-0.39, 0.29) is 16.7 Å². The minimum atomic E-state index is -4.51. The Morgan fingerprint density at radius 1 is 1.61 bits per heavy atom. The highest BCUT2D eigenvalue weighted by Gasteiger charge is 2.29. The number of nitrogens with one attached hydrogen (secondary N) is 1. The molecule has 9 heteroatoms. The second-order valence-electron chi connectivity index (χ2n) is 3.68. The zero-order valence-electron chi connectivity index (χ0n) is 9.33. The molecule has 0 fully saturated rings. The molecule has 1 heterocycles. The van der Waals surface area contributed by atoms with Crippen LogP contribution < -0.4 is 10.9 Å². The van der Waals surface area contributed by atoms with Gasteiger partial charge in [0, 0.05) is 6.54 Å². The maximum absolute atomic E-state index is 12.1. The summed E-state index contributed by atoms with van der Waals surface area (Å²) in [5, 5.41) is 15.2. The first-order valence-electron chi connectivity index (χ1n) is 4.95. The fourth-order valence-corrected chi connectivity index (χ4v) is 1.58. The number of aliphatic hydroxyl groups excluding tert-OH is 1. The molecule has 1 aromatic rings. The van der Waals surface area contributed by atoms with Gasteiger partial charge in [-0.25, -0.2) is 4.68 Å². The highest BCUT2D eigenvalue weighted by atomic mass is 79.9. The molecule has 0 bridgehead atoms. The molecule has 2 N–H and O–H groups in total. The van der Waals surface area contributed by atoms with Crippen LogP contribution in [0.25, 0.3) is 0 Å². The van der Waals surface area contributed by atoms with E-state index in [4.69, 9.17) is 5.11 Å². The standard InChI is InChI=1S/C9H11BrF3N3O2/c1-5(17)2-14-6-3-15-16(4-9(11,12)13)8(18)7(6)10/h3,5,14,17H,2,4H2,1H3. The summed E-state index contributed by atoms with van der Waals surface area (Å²) in [6, 6.07) is 0. The predicted octanol–water partition coefficient (Wildman–Crippen LogP) is 1.36. The number of aromatic nitrogens is 2. The molecule has 1 unspecified atom stereocenters. The molecule has 0 spiro atoms. The van der Waals surface area contributed by atoms with Crippen LogP contribution in [0.3, 0.4) is 0 Å². The molecule has 0 aliphatic rings. The molecule has 18 heavy (non-hydrogen) atoms. The van der Waals surface area contributed by atoms with Crippen LogP contribution in [0.1, 0.15) is 6.92 Å². The van der Waals surface area contributed by atoms with Crippen molar-refractivity contribution in [3.8, 4) is 0 Å². The normalized spacial score (nSPS) is 13.4. The molecule has 0 aromatic carbocycles. The molecule has 0 radical (unpaired) electrons. The molecule has 0 aliphatic heterocycles. The maximum atomic E-state index is 12.1. The lowest BCUT2D eigenvalue weighted by molar-refractivity contribution is -0.143. The van der Waals surface area contributed by atoms with Crippen LogP contribution in [0.2, 0.25) is 0 Å². The average Bonchev–Trinajstić information content (AvgIpc) is 2.22. The van der Waals surface area contributed by atoms with E-state index >= 15 is 0 Å². The number of rotatable bonds is 4. The van der Waals surface area contributed by atoms with E-state index in [0.717, 1.165) is 6.20 Å². The highest BCUT2D eigenvalue weighted by Crippen LogP contribution is 2.19. The summed E-state index contributed by atoms with van der Waals surface area (Å²) in [5.74, 6) is 0. The smallest absolute Gasteiger partial charge is 0.392 e. The molecule has 0 saturated carbocycles. The number of halogens is 4. The molecule has 0 aliphatic carbocycles. The van der Waals surface area contributed by atoms with Gasteiger partial charge in [-0.3, -0.25) is 4.79 Å². The molecule has 5 nitrogen and oxygen atoms in total. The van der Waals surface area contributed by atoms with Crippen molar-refractivity contribution >= 4 is 21.6 Å². The van der Waals surface area contributed by atoms with Crippen LogP contribution in [-0.2, 0) is 6.54 Å². The highest BCUT2D eigenvalue weighted by molar-refractivity contribution is 9.10. The Morgan fingerprint density at radius 2 is 2.22 bits per heavy atom. The van der Waals surface area contributed by atoms with Gasteiger partial charge < -0.3 is 10.4 Å². The van der Waals surface area contributed by atoms with E-state index in [1.54, 1.807) is 0 Å². The first-order chi connectivity index (χ1) is 8.20. The second kappa shape index (κ2) is 5.70. The van der Waals surface area contributed by atoms with E-state index in [2.05, 4.69) is 26.3 Å². The second-order valence-corrected chi connectivity index (χ2v) is 4.47. The third kappa shape index (κ3) is 4.30. The van der Waals surface area contributed by atoms with Gasteiger partial charge in [-0.1, -0.05) is 0 Å². The number of hydrogen-bond acceptors (Lipinski definition) is 4. The van der Waals surface area contributed by atoms with Gasteiger partial charge in [0.05, 0.1) is 18.0 Å². The Kier molecular flexibility index (Phi) is 4.74. The van der Waals surface area contributed by atoms with Gasteiger partial charge in [-0.2, -0.15) is 18.3 Å². The van der Waals surface area contributed by atoms with Crippen LogP contribution in [0.4, 0.5) is 18.9 Å². The summed E-state index contributed by atoms with van der Waals surface area (Å²) in [6.07, 6.45) is -4.07. The Labute approximate surface area is 109 Å². The van der Waals surface area contributed by atoms with Crippen molar-refractivity contribution in [2.75, 3.05) is 11.9 Å². The lowest BCUT2D eigenvalue weighted by atomic mass is 10.4. The number of anilines is 1. The molecule has 0 saturated heterocycles. The third-order valence-electron chi connectivity index (χ3n) is 1.90. The maximum Gasteiger partial charge on any atom is 0.408 e. The van der Waals surface area contributed by atoms with Gasteiger partial charge in [0.25, 0.3) is 5.56 Å². The Morgan fingerprint density at radius 3 is 2.72 bits per heavy atom. The van der Waals surface area contributed by atoms with Crippen molar-refractivity contribution in [2.45, 2.75) is 25.7 Å². The van der Waals surface area contributed by atoms with Crippen molar-refractivity contribution in [1.29, 1.82) is 0 Å². The zero-order valence-corrected chi connectivity index (χ0v) is 10.9. The summed E-state index contributed by atoms with van der Waals surface area (Å²) in [7, 11) is 0. The first-order valence-corrected chi connectivity index (χ1v) is 5.74. The summed E-state index contributed by atoms with van der Waals surface area (Å²) in [6.45, 7) is 0.239. The largest absolute Gasteiger partial charge is 0.408 e. The lowest BCUT2D eigenvalue weighted by Gasteiger charge is -2.12. The van der Waals surface area contributed by atoms with Crippen LogP contribution in [0, 0.1) is 0 Å². The summed E-state index contributed by atoms with van der Waals surface area (Å²) in [4.78, 5) is 11.6. The Hall–Kier alpha value is -1.09. The van der Waals surface area contributed by atoms with Crippen molar-refractivity contribution in [3.05, 3.63) is 21.0 Å². The molecular weight excluding hydrogens is 319 g/mol. The number of aliphatic hydroxyl groups is 1. The number of hydrogen-bond donors (Lipinski definition) is 2. The van der Waals surface area contributed by atoms with Crippen molar-refractivity contribution in [1.82, 2.24) is 9.78 Å². The topological polar surface area (TPSA) is 67.2 Å². The van der Waals surface area contributed by atoms with Gasteiger partial charge in [0.1, 0.15) is 11.0 Å². The van der Waals surface area contributed by atoms with Gasteiger partial charge in [0.2, 0.25) is 0 Å². The van der Waals surface area contributed by atoms with Crippen molar-refractivity contribution < 1.29 is 18.3 Å². The van der Waals surface area contributed by atoms with Gasteiger partial charge in [0.15, 0.2) is 0 Å². The van der Waals surface area contributed by atoms with Gasteiger partial charge >= 0.3 is 6.18 Å². The van der Waals surface area contributed by atoms with Crippen LogP contribution in [0.5, 0.6) is 0 Å². The Balaban J connectivity index is 2.95. The SMILES string of the molecule is CC(O)CNc1cnn(CC(F)(F)F)c(=O)c1Br. The first kappa shape index (κ1) is 15.0. The zero-order chi connectivity index (χ0) is 13.9.